The summed E-state index contributed by atoms with van der Waals surface area (Å²) in [5, 5.41) is 2.73. The van der Waals surface area contributed by atoms with Crippen molar-refractivity contribution in [2.24, 2.45) is 0 Å². The lowest BCUT2D eigenvalue weighted by molar-refractivity contribution is -0.153. The van der Waals surface area contributed by atoms with E-state index in [4.69, 9.17) is 9.47 Å². The first-order valence-electron chi connectivity index (χ1n) is 15.9. The highest BCUT2D eigenvalue weighted by Gasteiger charge is 2.40. The van der Waals surface area contributed by atoms with Crippen molar-refractivity contribution >= 4 is 18.0 Å². The summed E-state index contributed by atoms with van der Waals surface area (Å²) in [5.74, 6) is -1.24. The van der Waals surface area contributed by atoms with Crippen molar-refractivity contribution in [3.63, 3.8) is 0 Å². The first-order chi connectivity index (χ1) is 22.9. The van der Waals surface area contributed by atoms with Crippen LogP contribution in [-0.4, -0.2) is 63.3 Å². The number of alkyl carbamates (subject to hydrolysis) is 1. The number of rotatable bonds is 9. The highest BCUT2D eigenvalue weighted by molar-refractivity contribution is 5.95. The Morgan fingerprint density at radius 3 is 2.00 bits per heavy atom. The van der Waals surface area contributed by atoms with Crippen molar-refractivity contribution in [2.75, 3.05) is 19.6 Å². The molecule has 1 aromatic heterocycles. The van der Waals surface area contributed by atoms with E-state index in [1.807, 2.05) is 65.6 Å². The van der Waals surface area contributed by atoms with Gasteiger partial charge in [0.2, 0.25) is 0 Å². The lowest BCUT2D eigenvalue weighted by Gasteiger charge is -2.26. The van der Waals surface area contributed by atoms with Gasteiger partial charge in [-0.05, 0) is 57.4 Å². The largest absolute Gasteiger partial charge is 0.451 e. The van der Waals surface area contributed by atoms with Crippen LogP contribution in [0.4, 0.5) is 4.79 Å². The Kier molecular flexibility index (Phi) is 10.4. The van der Waals surface area contributed by atoms with Crippen LogP contribution in [-0.2, 0) is 14.3 Å². The van der Waals surface area contributed by atoms with Crippen molar-refractivity contribution in [2.45, 2.75) is 57.9 Å². The Morgan fingerprint density at radius 2 is 1.44 bits per heavy atom. The van der Waals surface area contributed by atoms with Gasteiger partial charge in [0.15, 0.2) is 6.10 Å². The zero-order chi connectivity index (χ0) is 34.4. The molecule has 0 bridgehead atoms. The van der Waals surface area contributed by atoms with Crippen LogP contribution < -0.4 is 16.6 Å². The maximum atomic E-state index is 14.1. The molecule has 2 heterocycles. The van der Waals surface area contributed by atoms with Crippen LogP contribution in [0, 0.1) is 6.92 Å². The highest BCUT2D eigenvalue weighted by atomic mass is 16.6. The third kappa shape index (κ3) is 7.98. The minimum Gasteiger partial charge on any atom is -0.451 e. The third-order valence-corrected chi connectivity index (χ3v) is 8.06. The van der Waals surface area contributed by atoms with Crippen molar-refractivity contribution in [3.05, 3.63) is 140 Å². The van der Waals surface area contributed by atoms with Gasteiger partial charge in [-0.1, -0.05) is 78.9 Å². The monoisotopic (exact) mass is 652 g/mol. The number of hydrogen-bond donors (Lipinski definition) is 1. The fourth-order valence-corrected chi connectivity index (χ4v) is 5.82. The second-order valence-electron chi connectivity index (χ2n) is 12.8. The lowest BCUT2D eigenvalue weighted by Crippen LogP contribution is -2.46. The highest BCUT2D eigenvalue weighted by Crippen LogP contribution is 2.31. The number of likely N-dealkylation sites (tertiary alicyclic amines) is 1. The van der Waals surface area contributed by atoms with Crippen LogP contribution in [0.15, 0.2) is 107 Å². The zero-order valence-electron chi connectivity index (χ0n) is 27.5. The number of nitrogens with one attached hydrogen (secondary N) is 1. The molecular formula is C37H40N4O7. The molecule has 250 valence electrons. The first kappa shape index (κ1) is 34.1. The van der Waals surface area contributed by atoms with E-state index in [1.54, 1.807) is 45.9 Å². The van der Waals surface area contributed by atoms with Gasteiger partial charge >= 0.3 is 17.8 Å². The number of hydrogen-bond acceptors (Lipinski definition) is 8. The minimum atomic E-state index is -0.803. The minimum absolute atomic E-state index is 0.159. The molecule has 48 heavy (non-hydrogen) atoms. The van der Waals surface area contributed by atoms with Crippen LogP contribution in [0.1, 0.15) is 66.4 Å². The normalized spacial score (nSPS) is 16.4. The quantitative estimate of drug-likeness (QED) is 0.262. The second kappa shape index (κ2) is 14.6. The summed E-state index contributed by atoms with van der Waals surface area (Å²) in [6, 6.07) is 25.6. The van der Waals surface area contributed by atoms with Crippen molar-refractivity contribution < 1.29 is 23.9 Å². The van der Waals surface area contributed by atoms with Gasteiger partial charge in [0.1, 0.15) is 11.6 Å². The van der Waals surface area contributed by atoms with Gasteiger partial charge in [0.05, 0.1) is 6.04 Å². The molecule has 1 N–H and O–H groups in total. The Bertz CT molecular complexity index is 1830. The molecule has 1 fully saturated rings. The number of aryl methyl sites for hydroxylation is 1. The van der Waals surface area contributed by atoms with Gasteiger partial charge in [0, 0.05) is 37.0 Å². The number of nitrogens with zero attached hydrogens (tertiary/aromatic N) is 3. The van der Waals surface area contributed by atoms with E-state index in [2.05, 4.69) is 5.32 Å². The van der Waals surface area contributed by atoms with Gasteiger partial charge in [-0.3, -0.25) is 23.9 Å². The van der Waals surface area contributed by atoms with Crippen molar-refractivity contribution in [3.8, 4) is 0 Å². The Balaban J connectivity index is 1.45. The summed E-state index contributed by atoms with van der Waals surface area (Å²) in [6.45, 7) is 7.46. The van der Waals surface area contributed by atoms with E-state index in [0.717, 1.165) is 11.1 Å². The summed E-state index contributed by atoms with van der Waals surface area (Å²) < 4.78 is 13.6. The Morgan fingerprint density at radius 1 is 0.875 bits per heavy atom. The summed E-state index contributed by atoms with van der Waals surface area (Å²) in [4.78, 5) is 68.5. The average Bonchev–Trinajstić information content (AvgIpc) is 3.49. The molecule has 1 aliphatic heterocycles. The van der Waals surface area contributed by atoms with Crippen molar-refractivity contribution in [1.82, 2.24) is 19.4 Å². The average molecular weight is 653 g/mol. The predicted molar refractivity (Wildman–Crippen MR) is 180 cm³/mol. The van der Waals surface area contributed by atoms with Crippen LogP contribution in [0.3, 0.4) is 0 Å². The van der Waals surface area contributed by atoms with Gasteiger partial charge in [-0.15, -0.1) is 0 Å². The second-order valence-corrected chi connectivity index (χ2v) is 12.8. The number of aromatic nitrogens is 2. The number of amides is 1. The van der Waals surface area contributed by atoms with E-state index < -0.39 is 53.0 Å². The van der Waals surface area contributed by atoms with Crippen LogP contribution in [0.5, 0.6) is 0 Å². The molecule has 0 saturated carbocycles. The molecule has 3 aromatic carbocycles. The molecule has 4 aromatic rings. The number of esters is 1. The predicted octanol–water partition coefficient (Wildman–Crippen LogP) is 4.48. The standard InChI is InChI=1S/C37H40N4O7/c1-25-23-40(36(46)41(32(25)42)33(43)28-18-12-7-13-19-28)29-22-30(39(24-29)21-20-38-35(45)48-37(2,3)4)34(44)47-31(26-14-8-5-9-15-26)27-16-10-6-11-17-27/h5-19,23,29-31H,20-22,24H2,1-4H3,(H,38,45)/t29-,30-/m1/s1. The van der Waals surface area contributed by atoms with Gasteiger partial charge in [-0.2, -0.15) is 4.57 Å². The molecule has 5 rings (SSSR count). The molecule has 0 radical (unpaired) electrons. The summed E-state index contributed by atoms with van der Waals surface area (Å²) >= 11 is 0. The fraction of sp³-hybridized carbons (Fsp3) is 0.324. The SMILES string of the molecule is Cc1cn([C@@H]2C[C@H](C(=O)OC(c3ccccc3)c3ccccc3)N(CCNC(=O)OC(C)(C)C)C2)c(=O)n(C(=O)c2ccccc2)c1=O. The molecule has 0 aliphatic carbocycles. The molecule has 11 nitrogen and oxygen atoms in total. The lowest BCUT2D eigenvalue weighted by atomic mass is 10.0. The van der Waals surface area contributed by atoms with E-state index in [9.17, 15) is 24.0 Å². The van der Waals surface area contributed by atoms with Gasteiger partial charge in [-0.25, -0.2) is 9.59 Å². The maximum absolute atomic E-state index is 14.1. The maximum Gasteiger partial charge on any atom is 0.407 e. The van der Waals surface area contributed by atoms with E-state index in [1.165, 1.54) is 22.9 Å². The third-order valence-electron chi connectivity index (χ3n) is 8.06. The molecule has 0 spiro atoms. The van der Waals surface area contributed by atoms with Crippen LogP contribution in [0.2, 0.25) is 0 Å². The smallest absolute Gasteiger partial charge is 0.407 e. The topological polar surface area (TPSA) is 129 Å². The molecule has 1 amide bonds. The van der Waals surface area contributed by atoms with E-state index in [-0.39, 0.29) is 37.2 Å². The number of benzene rings is 3. The Hall–Kier alpha value is -5.29. The van der Waals surface area contributed by atoms with Gasteiger partial charge in [0.25, 0.3) is 11.5 Å². The molecule has 1 saturated heterocycles. The zero-order valence-corrected chi connectivity index (χ0v) is 27.5. The molecule has 0 unspecified atom stereocenters. The fourth-order valence-electron chi connectivity index (χ4n) is 5.82. The molecule has 1 aliphatic rings. The van der Waals surface area contributed by atoms with Crippen molar-refractivity contribution in [1.29, 1.82) is 0 Å². The molecule has 11 heteroatoms. The van der Waals surface area contributed by atoms with Gasteiger partial charge < -0.3 is 14.8 Å². The van der Waals surface area contributed by atoms with E-state index in [0.29, 0.717) is 4.57 Å². The number of carbonyl (C=O) groups is 3. The summed E-state index contributed by atoms with van der Waals surface area (Å²) in [5.41, 5.74) is -0.187. The molecular weight excluding hydrogens is 612 g/mol. The number of carbonyl (C=O) groups excluding carboxylic acids is 3. The summed E-state index contributed by atoms with van der Waals surface area (Å²) in [6.07, 6.45) is 0.324. The van der Waals surface area contributed by atoms with Crippen LogP contribution >= 0.6 is 0 Å². The molecule has 2 atom stereocenters. The van der Waals surface area contributed by atoms with Crippen LogP contribution in [0.25, 0.3) is 0 Å². The number of ether oxygens (including phenoxy) is 2. The summed E-state index contributed by atoms with van der Waals surface area (Å²) in [7, 11) is 0. The first-order valence-corrected chi connectivity index (χ1v) is 15.9. The Labute approximate surface area is 278 Å². The van der Waals surface area contributed by atoms with E-state index >= 15 is 0 Å².